The predicted molar refractivity (Wildman–Crippen MR) is 81.1 cm³/mol. The first-order valence-corrected chi connectivity index (χ1v) is 7.25. The van der Waals surface area contributed by atoms with Crippen molar-refractivity contribution in [3.63, 3.8) is 0 Å². The van der Waals surface area contributed by atoms with Crippen molar-refractivity contribution in [2.45, 2.75) is 0 Å². The second-order valence-corrected chi connectivity index (χ2v) is 5.36. The summed E-state index contributed by atoms with van der Waals surface area (Å²) in [4.78, 5) is 27.2. The number of thiazole rings is 1. The van der Waals surface area contributed by atoms with Crippen LogP contribution in [0.2, 0.25) is 0 Å². The monoisotopic (exact) mass is 332 g/mol. The van der Waals surface area contributed by atoms with E-state index in [2.05, 4.69) is 10.3 Å². The minimum absolute atomic E-state index is 0.103. The molecule has 23 heavy (non-hydrogen) atoms. The van der Waals surface area contributed by atoms with Crippen molar-refractivity contribution >= 4 is 28.9 Å². The number of carboxylic acids is 1. The fourth-order valence-corrected chi connectivity index (χ4v) is 2.62. The molecule has 1 aromatic carbocycles. The van der Waals surface area contributed by atoms with E-state index in [1.165, 1.54) is 29.2 Å². The molecule has 3 aromatic rings. The van der Waals surface area contributed by atoms with E-state index in [0.717, 1.165) is 23.8 Å². The number of amides is 1. The number of carbonyl (C=O) groups is 2. The number of anilines is 1. The quantitative estimate of drug-likeness (QED) is 0.763. The molecule has 6 nitrogen and oxygen atoms in total. The van der Waals surface area contributed by atoms with Gasteiger partial charge in [0.05, 0.1) is 17.5 Å². The molecule has 0 bridgehead atoms. The Labute approximate surface area is 133 Å². The Morgan fingerprint density at radius 2 is 2.13 bits per heavy atom. The van der Waals surface area contributed by atoms with Crippen LogP contribution in [0.1, 0.15) is 20.8 Å². The van der Waals surface area contributed by atoms with Crippen LogP contribution in [-0.2, 0) is 0 Å². The Bertz CT molecular complexity index is 873. The normalized spacial score (nSPS) is 10.5. The lowest BCUT2D eigenvalue weighted by molar-refractivity contribution is 0.0696. The summed E-state index contributed by atoms with van der Waals surface area (Å²) in [5, 5.41) is 13.3. The number of aromatic carboxylic acids is 1. The van der Waals surface area contributed by atoms with Crippen LogP contribution in [0.3, 0.4) is 0 Å². The van der Waals surface area contributed by atoms with Gasteiger partial charge in [0, 0.05) is 10.9 Å². The summed E-state index contributed by atoms with van der Waals surface area (Å²) in [6.45, 7) is 0. The maximum atomic E-state index is 13.7. The predicted octanol–water partition coefficient (Wildman–Crippen LogP) is 3.49. The lowest BCUT2D eigenvalue weighted by Gasteiger charge is -2.05. The number of carboxylic acid groups (broad SMARTS) is 1. The molecule has 116 valence electrons. The molecule has 2 aromatic heterocycles. The van der Waals surface area contributed by atoms with E-state index in [9.17, 15) is 14.0 Å². The fraction of sp³-hybridized carbons (Fsp3) is 0. The summed E-state index contributed by atoms with van der Waals surface area (Å²) in [6, 6.07) is 4.86. The molecule has 2 heterocycles. The first-order chi connectivity index (χ1) is 11.0. The van der Waals surface area contributed by atoms with Gasteiger partial charge >= 0.3 is 5.97 Å². The van der Waals surface area contributed by atoms with E-state index in [1.807, 2.05) is 0 Å². The van der Waals surface area contributed by atoms with Crippen LogP contribution in [0.25, 0.3) is 10.6 Å². The van der Waals surface area contributed by atoms with Gasteiger partial charge in [-0.2, -0.15) is 0 Å². The molecule has 0 radical (unpaired) electrons. The first-order valence-electron chi connectivity index (χ1n) is 6.37. The number of benzene rings is 1. The molecule has 8 heteroatoms. The zero-order chi connectivity index (χ0) is 16.4. The van der Waals surface area contributed by atoms with E-state index < -0.39 is 17.7 Å². The van der Waals surface area contributed by atoms with Crippen molar-refractivity contribution in [1.29, 1.82) is 0 Å². The molecular formula is C15H9FN2O4S. The molecule has 0 aliphatic heterocycles. The smallest absolute Gasteiger partial charge is 0.335 e. The number of rotatable bonds is 4. The summed E-state index contributed by atoms with van der Waals surface area (Å²) in [7, 11) is 0. The van der Waals surface area contributed by atoms with Gasteiger partial charge in [0.15, 0.2) is 0 Å². The molecular weight excluding hydrogens is 323 g/mol. The van der Waals surface area contributed by atoms with Gasteiger partial charge in [0.1, 0.15) is 22.8 Å². The van der Waals surface area contributed by atoms with Crippen LogP contribution in [0, 0.1) is 5.82 Å². The average Bonchev–Trinajstić information content (AvgIpc) is 3.20. The van der Waals surface area contributed by atoms with Gasteiger partial charge in [-0.25, -0.2) is 14.2 Å². The Morgan fingerprint density at radius 3 is 2.83 bits per heavy atom. The number of carbonyl (C=O) groups excluding carboxylic acids is 1. The van der Waals surface area contributed by atoms with E-state index in [4.69, 9.17) is 9.52 Å². The Balaban J connectivity index is 1.82. The van der Waals surface area contributed by atoms with Gasteiger partial charge in [-0.15, -0.1) is 11.3 Å². The highest BCUT2D eigenvalue weighted by atomic mass is 32.1. The number of nitrogens with zero attached hydrogens (tertiary/aromatic N) is 1. The molecule has 3 rings (SSSR count). The zero-order valence-electron chi connectivity index (χ0n) is 11.4. The van der Waals surface area contributed by atoms with Crippen molar-refractivity contribution in [3.05, 3.63) is 59.2 Å². The van der Waals surface area contributed by atoms with Gasteiger partial charge in [-0.05, 0) is 24.3 Å². The van der Waals surface area contributed by atoms with E-state index in [0.29, 0.717) is 5.01 Å². The van der Waals surface area contributed by atoms with E-state index in [1.54, 1.807) is 6.07 Å². The lowest BCUT2D eigenvalue weighted by Crippen LogP contribution is -2.14. The number of nitrogens with one attached hydrogen (secondary N) is 1. The molecule has 0 fully saturated rings. The molecule has 0 unspecified atom stereocenters. The third-order valence-electron chi connectivity index (χ3n) is 2.97. The lowest BCUT2D eigenvalue weighted by atomic mass is 10.2. The van der Waals surface area contributed by atoms with Crippen LogP contribution in [0.4, 0.5) is 10.1 Å². The molecule has 0 aliphatic rings. The van der Waals surface area contributed by atoms with Gasteiger partial charge in [-0.1, -0.05) is 0 Å². The third kappa shape index (κ3) is 3.11. The van der Waals surface area contributed by atoms with Gasteiger partial charge < -0.3 is 14.8 Å². The van der Waals surface area contributed by atoms with Crippen LogP contribution in [0.15, 0.2) is 46.6 Å². The number of hydrogen-bond donors (Lipinski definition) is 2. The summed E-state index contributed by atoms with van der Waals surface area (Å²) in [6.07, 6.45) is 2.99. The minimum Gasteiger partial charge on any atom is -0.478 e. The molecule has 0 spiro atoms. The van der Waals surface area contributed by atoms with Gasteiger partial charge in [-0.3, -0.25) is 4.79 Å². The van der Waals surface area contributed by atoms with Crippen molar-refractivity contribution in [2.24, 2.45) is 0 Å². The maximum Gasteiger partial charge on any atom is 0.335 e. The number of hydrogen-bond acceptors (Lipinski definition) is 5. The molecule has 0 aliphatic carbocycles. The minimum atomic E-state index is -1.21. The zero-order valence-corrected chi connectivity index (χ0v) is 12.3. The number of aromatic nitrogens is 1. The number of furan rings is 1. The second kappa shape index (κ2) is 6.01. The van der Waals surface area contributed by atoms with E-state index >= 15 is 0 Å². The summed E-state index contributed by atoms with van der Waals surface area (Å²) < 4.78 is 18.6. The molecule has 0 saturated heterocycles. The standard InChI is InChI=1S/C15H9FN2O4S/c16-10-2-1-8(15(20)21)5-11(10)17-13(19)12-7-23-14(18-12)9-3-4-22-6-9/h1-7H,(H,17,19)(H,20,21). The molecule has 0 atom stereocenters. The Morgan fingerprint density at radius 1 is 1.30 bits per heavy atom. The highest BCUT2D eigenvalue weighted by Gasteiger charge is 2.15. The molecule has 2 N–H and O–H groups in total. The average molecular weight is 332 g/mol. The Hall–Kier alpha value is -3.00. The Kier molecular flexibility index (Phi) is 3.90. The summed E-state index contributed by atoms with van der Waals surface area (Å²) in [5.74, 6) is -2.57. The second-order valence-electron chi connectivity index (χ2n) is 4.50. The third-order valence-corrected chi connectivity index (χ3v) is 3.86. The van der Waals surface area contributed by atoms with Crippen molar-refractivity contribution in [2.75, 3.05) is 5.32 Å². The van der Waals surface area contributed by atoms with E-state index in [-0.39, 0.29) is 16.9 Å². The van der Waals surface area contributed by atoms with Crippen LogP contribution < -0.4 is 5.32 Å². The summed E-state index contributed by atoms with van der Waals surface area (Å²) >= 11 is 1.24. The van der Waals surface area contributed by atoms with Crippen molar-refractivity contribution < 1.29 is 23.5 Å². The highest BCUT2D eigenvalue weighted by Crippen LogP contribution is 2.25. The highest BCUT2D eigenvalue weighted by molar-refractivity contribution is 7.13. The molecule has 0 saturated carbocycles. The summed E-state index contributed by atoms with van der Waals surface area (Å²) in [5.41, 5.74) is 0.492. The molecule has 1 amide bonds. The van der Waals surface area contributed by atoms with Crippen molar-refractivity contribution in [3.8, 4) is 10.6 Å². The van der Waals surface area contributed by atoms with Gasteiger partial charge in [0.2, 0.25) is 0 Å². The van der Waals surface area contributed by atoms with Gasteiger partial charge in [0.25, 0.3) is 5.91 Å². The van der Waals surface area contributed by atoms with Crippen LogP contribution in [0.5, 0.6) is 0 Å². The fourth-order valence-electron chi connectivity index (χ4n) is 1.84. The topological polar surface area (TPSA) is 92.4 Å². The first kappa shape index (κ1) is 14.9. The maximum absolute atomic E-state index is 13.7. The van der Waals surface area contributed by atoms with Crippen molar-refractivity contribution in [1.82, 2.24) is 4.98 Å². The SMILES string of the molecule is O=C(O)c1ccc(F)c(NC(=O)c2csc(-c3ccoc3)n2)c1. The van der Waals surface area contributed by atoms with Crippen LogP contribution in [-0.4, -0.2) is 22.0 Å². The van der Waals surface area contributed by atoms with Crippen LogP contribution >= 0.6 is 11.3 Å². The number of halogens is 1. The largest absolute Gasteiger partial charge is 0.478 e.